The molecule has 1 heterocycles. The lowest BCUT2D eigenvalue weighted by Crippen LogP contribution is -2.26. The van der Waals surface area contributed by atoms with Gasteiger partial charge in [-0.1, -0.05) is 19.9 Å². The van der Waals surface area contributed by atoms with Gasteiger partial charge in [0.1, 0.15) is 0 Å². The van der Waals surface area contributed by atoms with Gasteiger partial charge in [0.2, 0.25) is 0 Å². The molecule has 1 aromatic rings. The van der Waals surface area contributed by atoms with Crippen LogP contribution in [0, 0.1) is 6.92 Å². The highest BCUT2D eigenvalue weighted by molar-refractivity contribution is 5.21. The van der Waals surface area contributed by atoms with Gasteiger partial charge in [-0.2, -0.15) is 0 Å². The minimum absolute atomic E-state index is 0.225. The van der Waals surface area contributed by atoms with Gasteiger partial charge in [0.15, 0.2) is 0 Å². The van der Waals surface area contributed by atoms with Crippen LogP contribution in [-0.2, 0) is 5.41 Å². The van der Waals surface area contributed by atoms with Gasteiger partial charge in [0, 0.05) is 17.9 Å². The summed E-state index contributed by atoms with van der Waals surface area (Å²) < 4.78 is 0. The molecule has 2 nitrogen and oxygen atoms in total. The zero-order valence-corrected chi connectivity index (χ0v) is 10.6. The molecule has 0 bridgehead atoms. The van der Waals surface area contributed by atoms with E-state index in [1.54, 1.807) is 0 Å². The van der Waals surface area contributed by atoms with Crippen molar-refractivity contribution in [1.29, 1.82) is 0 Å². The summed E-state index contributed by atoms with van der Waals surface area (Å²) in [6.45, 7) is 7.75. The minimum atomic E-state index is 0.225. The van der Waals surface area contributed by atoms with E-state index in [9.17, 15) is 0 Å². The molecule has 16 heavy (non-hydrogen) atoms. The van der Waals surface area contributed by atoms with Crippen LogP contribution in [-0.4, -0.2) is 17.6 Å². The van der Waals surface area contributed by atoms with E-state index < -0.39 is 0 Å². The fraction of sp³-hybridized carbons (Fsp3) is 0.643. The van der Waals surface area contributed by atoms with Gasteiger partial charge in [-0.15, -0.1) is 0 Å². The molecule has 88 valence electrons. The molecule has 1 fully saturated rings. The maximum Gasteiger partial charge on any atom is 0.0372 e. The number of aryl methyl sites for hydroxylation is 1. The SMILES string of the molecule is Cc1ccc(C(C)(C)CCNC2CC2)cn1. The van der Waals surface area contributed by atoms with Crippen LogP contribution in [0.4, 0.5) is 0 Å². The second-order valence-corrected chi connectivity index (χ2v) is 5.55. The fourth-order valence-corrected chi connectivity index (χ4v) is 1.89. The molecular weight excluding hydrogens is 196 g/mol. The Balaban J connectivity index is 1.91. The standard InChI is InChI=1S/C14H22N2/c1-11-4-5-12(10-16-11)14(2,3)8-9-15-13-6-7-13/h4-5,10,13,15H,6-9H2,1-3H3. The van der Waals surface area contributed by atoms with Crippen LogP contribution in [0.15, 0.2) is 18.3 Å². The van der Waals surface area contributed by atoms with Crippen LogP contribution in [0.2, 0.25) is 0 Å². The summed E-state index contributed by atoms with van der Waals surface area (Å²) in [5.41, 5.74) is 2.66. The normalized spacial score (nSPS) is 16.4. The Morgan fingerprint density at radius 1 is 1.38 bits per heavy atom. The second kappa shape index (κ2) is 4.54. The average molecular weight is 218 g/mol. The van der Waals surface area contributed by atoms with Crippen molar-refractivity contribution >= 4 is 0 Å². The van der Waals surface area contributed by atoms with E-state index >= 15 is 0 Å². The predicted octanol–water partition coefficient (Wildman–Crippen LogP) is 2.81. The number of rotatable bonds is 5. The second-order valence-electron chi connectivity index (χ2n) is 5.55. The molecule has 0 atom stereocenters. The number of hydrogen-bond acceptors (Lipinski definition) is 2. The van der Waals surface area contributed by atoms with Gasteiger partial charge in [0.25, 0.3) is 0 Å². The third-order valence-corrected chi connectivity index (χ3v) is 3.45. The molecule has 0 spiro atoms. The van der Waals surface area contributed by atoms with Gasteiger partial charge in [-0.05, 0) is 49.8 Å². The van der Waals surface area contributed by atoms with Gasteiger partial charge in [0.05, 0.1) is 0 Å². The monoisotopic (exact) mass is 218 g/mol. The van der Waals surface area contributed by atoms with Gasteiger partial charge in [-0.25, -0.2) is 0 Å². The van der Waals surface area contributed by atoms with E-state index in [2.05, 4.69) is 36.3 Å². The summed E-state index contributed by atoms with van der Waals surface area (Å²) in [6, 6.07) is 5.12. The lowest BCUT2D eigenvalue weighted by atomic mass is 9.82. The molecule has 2 rings (SSSR count). The number of aromatic nitrogens is 1. The van der Waals surface area contributed by atoms with E-state index in [0.29, 0.717) is 0 Å². The van der Waals surface area contributed by atoms with Crippen LogP contribution >= 0.6 is 0 Å². The van der Waals surface area contributed by atoms with Crippen molar-refractivity contribution in [3.8, 4) is 0 Å². The Bertz CT molecular complexity index is 336. The van der Waals surface area contributed by atoms with Crippen LogP contribution in [0.3, 0.4) is 0 Å². The first-order chi connectivity index (χ1) is 7.58. The first-order valence-corrected chi connectivity index (χ1v) is 6.24. The zero-order valence-electron chi connectivity index (χ0n) is 10.6. The number of nitrogens with zero attached hydrogens (tertiary/aromatic N) is 1. The molecule has 0 aromatic carbocycles. The highest BCUT2D eigenvalue weighted by Gasteiger charge is 2.24. The van der Waals surface area contributed by atoms with Crippen LogP contribution < -0.4 is 5.32 Å². The molecule has 0 aliphatic heterocycles. The summed E-state index contributed by atoms with van der Waals surface area (Å²) >= 11 is 0. The molecule has 0 unspecified atom stereocenters. The van der Waals surface area contributed by atoms with Gasteiger partial charge in [-0.3, -0.25) is 4.98 Å². The number of hydrogen-bond donors (Lipinski definition) is 1. The smallest absolute Gasteiger partial charge is 0.0372 e. The Kier molecular flexibility index (Phi) is 3.29. The van der Waals surface area contributed by atoms with Crippen molar-refractivity contribution in [3.05, 3.63) is 29.6 Å². The molecule has 1 aliphatic rings. The van der Waals surface area contributed by atoms with Gasteiger partial charge < -0.3 is 5.32 Å². The summed E-state index contributed by atoms with van der Waals surface area (Å²) in [6.07, 6.45) is 5.93. The first-order valence-electron chi connectivity index (χ1n) is 6.24. The van der Waals surface area contributed by atoms with E-state index in [-0.39, 0.29) is 5.41 Å². The summed E-state index contributed by atoms with van der Waals surface area (Å²) in [5.74, 6) is 0. The van der Waals surface area contributed by atoms with E-state index in [0.717, 1.165) is 18.3 Å². The maximum absolute atomic E-state index is 4.38. The molecule has 1 N–H and O–H groups in total. The van der Waals surface area contributed by atoms with Crippen molar-refractivity contribution in [2.24, 2.45) is 0 Å². The van der Waals surface area contributed by atoms with Crippen molar-refractivity contribution in [1.82, 2.24) is 10.3 Å². The molecule has 1 aliphatic carbocycles. The Morgan fingerprint density at radius 3 is 2.69 bits per heavy atom. The molecule has 2 heteroatoms. The third kappa shape index (κ3) is 3.05. The highest BCUT2D eigenvalue weighted by Crippen LogP contribution is 2.27. The Labute approximate surface area is 98.5 Å². The molecule has 0 saturated heterocycles. The van der Waals surface area contributed by atoms with E-state index in [1.807, 2.05) is 13.1 Å². The summed E-state index contributed by atoms with van der Waals surface area (Å²) in [4.78, 5) is 4.38. The van der Waals surface area contributed by atoms with E-state index in [1.165, 1.54) is 24.8 Å². The first kappa shape index (κ1) is 11.6. The van der Waals surface area contributed by atoms with E-state index in [4.69, 9.17) is 0 Å². The van der Waals surface area contributed by atoms with Gasteiger partial charge >= 0.3 is 0 Å². The third-order valence-electron chi connectivity index (χ3n) is 3.45. The average Bonchev–Trinajstić information content (AvgIpc) is 3.02. The van der Waals surface area contributed by atoms with Crippen molar-refractivity contribution in [2.45, 2.75) is 51.5 Å². The van der Waals surface area contributed by atoms with Crippen LogP contribution in [0.1, 0.15) is 44.4 Å². The quantitative estimate of drug-likeness (QED) is 0.822. The zero-order chi connectivity index (χ0) is 11.6. The summed E-state index contributed by atoms with van der Waals surface area (Å²) in [7, 11) is 0. The number of nitrogens with one attached hydrogen (secondary N) is 1. The number of pyridine rings is 1. The Hall–Kier alpha value is -0.890. The lowest BCUT2D eigenvalue weighted by molar-refractivity contribution is 0.454. The van der Waals surface area contributed by atoms with Crippen LogP contribution in [0.5, 0.6) is 0 Å². The maximum atomic E-state index is 4.38. The molecule has 1 aromatic heterocycles. The fourth-order valence-electron chi connectivity index (χ4n) is 1.89. The van der Waals surface area contributed by atoms with Crippen molar-refractivity contribution in [3.63, 3.8) is 0 Å². The molecule has 0 radical (unpaired) electrons. The Morgan fingerprint density at radius 2 is 2.12 bits per heavy atom. The highest BCUT2D eigenvalue weighted by atomic mass is 14.9. The molecule has 1 saturated carbocycles. The van der Waals surface area contributed by atoms with Crippen LogP contribution in [0.25, 0.3) is 0 Å². The largest absolute Gasteiger partial charge is 0.314 e. The minimum Gasteiger partial charge on any atom is -0.314 e. The predicted molar refractivity (Wildman–Crippen MR) is 67.6 cm³/mol. The molecular formula is C14H22N2. The lowest BCUT2D eigenvalue weighted by Gasteiger charge is -2.25. The topological polar surface area (TPSA) is 24.9 Å². The van der Waals surface area contributed by atoms with Crippen molar-refractivity contribution < 1.29 is 0 Å². The molecule has 0 amide bonds. The van der Waals surface area contributed by atoms with Crippen molar-refractivity contribution in [2.75, 3.05) is 6.54 Å². The summed E-state index contributed by atoms with van der Waals surface area (Å²) in [5, 5.41) is 3.57.